The second kappa shape index (κ2) is 7.93. The molecule has 0 aliphatic heterocycles. The molecule has 1 amide bonds. The Labute approximate surface area is 173 Å². The molecule has 3 aromatic rings. The number of hydrogen-bond acceptors (Lipinski definition) is 5. The first-order chi connectivity index (χ1) is 14.3. The van der Waals surface area contributed by atoms with Gasteiger partial charge in [-0.25, -0.2) is 9.78 Å². The maximum Gasteiger partial charge on any atom is 0.330 e. The van der Waals surface area contributed by atoms with Gasteiger partial charge in [-0.15, -0.1) is 0 Å². The summed E-state index contributed by atoms with van der Waals surface area (Å²) in [5.41, 5.74) is 0.208. The summed E-state index contributed by atoms with van der Waals surface area (Å²) < 4.78 is 6.82. The Morgan fingerprint density at radius 2 is 2.10 bits per heavy atom. The van der Waals surface area contributed by atoms with Crippen LogP contribution in [0.5, 0.6) is 0 Å². The zero-order chi connectivity index (χ0) is 21.4. The van der Waals surface area contributed by atoms with Gasteiger partial charge in [-0.05, 0) is 43.9 Å². The number of carbonyl (C=O) groups is 1. The summed E-state index contributed by atoms with van der Waals surface area (Å²) in [7, 11) is 0. The normalized spacial score (nSPS) is 14.9. The molecule has 0 bridgehead atoms. The van der Waals surface area contributed by atoms with Crippen molar-refractivity contribution < 1.29 is 9.21 Å². The lowest BCUT2D eigenvalue weighted by molar-refractivity contribution is 0.0940. The van der Waals surface area contributed by atoms with Crippen molar-refractivity contribution in [2.45, 2.75) is 58.5 Å². The summed E-state index contributed by atoms with van der Waals surface area (Å²) in [6.45, 7) is 6.25. The number of pyridine rings is 1. The predicted molar refractivity (Wildman–Crippen MR) is 113 cm³/mol. The molecule has 0 spiro atoms. The van der Waals surface area contributed by atoms with Crippen LogP contribution < -0.4 is 16.6 Å². The van der Waals surface area contributed by atoms with Crippen LogP contribution in [-0.4, -0.2) is 26.5 Å². The zero-order valence-corrected chi connectivity index (χ0v) is 17.4. The Kier molecular flexibility index (Phi) is 5.32. The minimum Gasteiger partial charge on any atom is -0.469 e. The van der Waals surface area contributed by atoms with Crippen LogP contribution in [0, 0.1) is 5.92 Å². The van der Waals surface area contributed by atoms with Crippen molar-refractivity contribution >= 4 is 16.9 Å². The van der Waals surface area contributed by atoms with E-state index in [1.54, 1.807) is 18.4 Å². The van der Waals surface area contributed by atoms with Crippen molar-refractivity contribution in [1.29, 1.82) is 0 Å². The number of fused-ring (bicyclic) bond motifs is 1. The minimum absolute atomic E-state index is 0.155. The molecule has 1 aliphatic carbocycles. The smallest absolute Gasteiger partial charge is 0.330 e. The van der Waals surface area contributed by atoms with Gasteiger partial charge in [-0.2, -0.15) is 0 Å². The number of carbonyl (C=O) groups excluding carboxylic acids is 1. The van der Waals surface area contributed by atoms with Gasteiger partial charge in [0.05, 0.1) is 17.2 Å². The van der Waals surface area contributed by atoms with Crippen LogP contribution in [0.4, 0.5) is 0 Å². The Bertz CT molecular complexity index is 1190. The summed E-state index contributed by atoms with van der Waals surface area (Å²) in [5, 5.41) is 3.10. The number of aromatic amines is 1. The average Bonchev–Trinajstić information content (AvgIpc) is 3.41. The number of nitrogens with one attached hydrogen (secondary N) is 2. The van der Waals surface area contributed by atoms with E-state index in [2.05, 4.69) is 15.3 Å². The quantitative estimate of drug-likeness (QED) is 0.622. The van der Waals surface area contributed by atoms with Crippen LogP contribution in [0.2, 0.25) is 0 Å². The first-order valence-electron chi connectivity index (χ1n) is 10.3. The Balaban J connectivity index is 1.78. The van der Waals surface area contributed by atoms with Crippen molar-refractivity contribution in [3.05, 3.63) is 62.3 Å². The van der Waals surface area contributed by atoms with Gasteiger partial charge in [-0.1, -0.05) is 13.8 Å². The Morgan fingerprint density at radius 3 is 2.73 bits per heavy atom. The van der Waals surface area contributed by atoms with E-state index in [0.29, 0.717) is 13.0 Å². The summed E-state index contributed by atoms with van der Waals surface area (Å²) in [6, 6.07) is 5.16. The zero-order valence-electron chi connectivity index (χ0n) is 17.4. The van der Waals surface area contributed by atoms with E-state index in [9.17, 15) is 14.4 Å². The number of rotatable bonds is 7. The van der Waals surface area contributed by atoms with Crippen LogP contribution in [0.1, 0.15) is 61.3 Å². The molecule has 1 saturated carbocycles. The second-order valence-corrected chi connectivity index (χ2v) is 8.49. The molecule has 4 rings (SSSR count). The highest BCUT2D eigenvalue weighted by molar-refractivity contribution is 6.05. The molecule has 3 aromatic heterocycles. The van der Waals surface area contributed by atoms with Gasteiger partial charge in [-0.3, -0.25) is 19.1 Å². The summed E-state index contributed by atoms with van der Waals surface area (Å²) in [5.74, 6) is 0.852. The third-order valence-electron chi connectivity index (χ3n) is 5.22. The van der Waals surface area contributed by atoms with Gasteiger partial charge in [0, 0.05) is 30.6 Å². The van der Waals surface area contributed by atoms with E-state index < -0.39 is 11.2 Å². The van der Waals surface area contributed by atoms with Gasteiger partial charge in [0.25, 0.3) is 11.5 Å². The summed E-state index contributed by atoms with van der Waals surface area (Å²) in [4.78, 5) is 45.3. The number of amides is 1. The fraction of sp³-hybridized carbons (Fsp3) is 0.455. The minimum atomic E-state index is -0.589. The Hall–Kier alpha value is -3.16. The molecule has 0 saturated heterocycles. The molecule has 158 valence electrons. The first-order valence-corrected chi connectivity index (χ1v) is 10.3. The maximum atomic E-state index is 13.2. The largest absolute Gasteiger partial charge is 0.469 e. The third kappa shape index (κ3) is 4.08. The van der Waals surface area contributed by atoms with Gasteiger partial charge < -0.3 is 9.73 Å². The van der Waals surface area contributed by atoms with Crippen LogP contribution in [0.15, 0.2) is 38.5 Å². The van der Waals surface area contributed by atoms with E-state index in [0.717, 1.165) is 24.3 Å². The predicted octanol–water partition coefficient (Wildman–Crippen LogP) is 2.57. The molecule has 30 heavy (non-hydrogen) atoms. The SMILES string of the molecule is CC(C)Cn1c(=O)[nH]c(=O)c2c(C(=O)NC(C)Cc3ccco3)cc(C3CC3)nc21. The van der Waals surface area contributed by atoms with Gasteiger partial charge >= 0.3 is 5.69 Å². The van der Waals surface area contributed by atoms with E-state index in [-0.39, 0.29) is 40.4 Å². The lowest BCUT2D eigenvalue weighted by Gasteiger charge is -2.16. The number of aromatic nitrogens is 3. The molecule has 1 aliphatic rings. The van der Waals surface area contributed by atoms with E-state index in [1.165, 1.54) is 4.57 Å². The van der Waals surface area contributed by atoms with E-state index >= 15 is 0 Å². The molecule has 2 N–H and O–H groups in total. The highest BCUT2D eigenvalue weighted by Gasteiger charge is 2.29. The molecule has 1 atom stereocenters. The summed E-state index contributed by atoms with van der Waals surface area (Å²) >= 11 is 0. The number of furan rings is 1. The van der Waals surface area contributed by atoms with Crippen molar-refractivity contribution in [2.75, 3.05) is 0 Å². The molecular formula is C22H26N4O4. The topological polar surface area (TPSA) is 110 Å². The average molecular weight is 410 g/mol. The highest BCUT2D eigenvalue weighted by Crippen LogP contribution is 2.39. The maximum absolute atomic E-state index is 13.2. The van der Waals surface area contributed by atoms with E-state index in [4.69, 9.17) is 4.42 Å². The standard InChI is InChI=1S/C22H26N4O4/c1-12(2)11-26-19-18(21(28)25-22(26)29)16(10-17(24-19)14-6-7-14)20(27)23-13(3)9-15-5-4-8-30-15/h4-5,8,10,12-14H,6-7,9,11H2,1-3H3,(H,23,27)(H,25,28,29). The molecule has 3 heterocycles. The third-order valence-corrected chi connectivity index (χ3v) is 5.22. The summed E-state index contributed by atoms with van der Waals surface area (Å²) in [6.07, 6.45) is 4.11. The van der Waals surface area contributed by atoms with Crippen molar-refractivity contribution in [3.8, 4) is 0 Å². The first kappa shape index (κ1) is 20.1. The van der Waals surface area contributed by atoms with Crippen LogP contribution in [0.25, 0.3) is 11.0 Å². The molecular weight excluding hydrogens is 384 g/mol. The lowest BCUT2D eigenvalue weighted by Crippen LogP contribution is -2.37. The van der Waals surface area contributed by atoms with Crippen LogP contribution >= 0.6 is 0 Å². The van der Waals surface area contributed by atoms with Crippen molar-refractivity contribution in [2.24, 2.45) is 5.92 Å². The fourth-order valence-electron chi connectivity index (χ4n) is 3.68. The second-order valence-electron chi connectivity index (χ2n) is 8.49. The molecule has 1 unspecified atom stereocenters. The van der Waals surface area contributed by atoms with E-state index in [1.807, 2.05) is 26.8 Å². The molecule has 8 heteroatoms. The molecule has 1 fully saturated rings. The van der Waals surface area contributed by atoms with Crippen molar-refractivity contribution in [3.63, 3.8) is 0 Å². The number of hydrogen-bond donors (Lipinski definition) is 2. The molecule has 8 nitrogen and oxygen atoms in total. The van der Waals surface area contributed by atoms with Crippen LogP contribution in [-0.2, 0) is 13.0 Å². The lowest BCUT2D eigenvalue weighted by atomic mass is 10.1. The molecule has 0 aromatic carbocycles. The van der Waals surface area contributed by atoms with Crippen molar-refractivity contribution in [1.82, 2.24) is 19.9 Å². The van der Waals surface area contributed by atoms with Gasteiger partial charge in [0.15, 0.2) is 5.65 Å². The highest BCUT2D eigenvalue weighted by atomic mass is 16.3. The monoisotopic (exact) mass is 410 g/mol. The fourth-order valence-corrected chi connectivity index (χ4v) is 3.68. The Morgan fingerprint density at radius 1 is 1.33 bits per heavy atom. The van der Waals surface area contributed by atoms with Gasteiger partial charge in [0.1, 0.15) is 5.76 Å². The van der Waals surface area contributed by atoms with Crippen LogP contribution in [0.3, 0.4) is 0 Å². The number of H-pyrrole nitrogens is 1. The molecule has 0 radical (unpaired) electrons. The van der Waals surface area contributed by atoms with Gasteiger partial charge in [0.2, 0.25) is 0 Å². The number of nitrogens with zero attached hydrogens (tertiary/aromatic N) is 2.